The molecule has 0 radical (unpaired) electrons. The molecule has 0 aliphatic carbocycles. The molecule has 0 spiro atoms. The highest BCUT2D eigenvalue weighted by atomic mass is 16.5. The normalized spacial score (nSPS) is 10.9. The molecule has 134 valence electrons. The lowest BCUT2D eigenvalue weighted by atomic mass is 10.1. The first-order chi connectivity index (χ1) is 13.2. The Bertz CT molecular complexity index is 1140. The highest BCUT2D eigenvalue weighted by molar-refractivity contribution is 6.09. The number of amides is 1. The molecule has 3 N–H and O–H groups in total. The van der Waals surface area contributed by atoms with E-state index in [4.69, 9.17) is 15.5 Å². The molecular formula is C22H19N3O2. The van der Waals surface area contributed by atoms with Crippen molar-refractivity contribution in [3.05, 3.63) is 72.3 Å². The van der Waals surface area contributed by atoms with Crippen LogP contribution in [0.15, 0.2) is 66.7 Å². The van der Waals surface area contributed by atoms with Gasteiger partial charge < -0.3 is 15.8 Å². The van der Waals surface area contributed by atoms with Crippen molar-refractivity contribution in [3.8, 4) is 5.75 Å². The molecule has 0 saturated heterocycles. The van der Waals surface area contributed by atoms with E-state index in [0.717, 1.165) is 27.6 Å². The molecule has 0 fully saturated rings. The summed E-state index contributed by atoms with van der Waals surface area (Å²) < 4.78 is 5.56. The standard InChI is InChI=1S/C22H19N3O2/c1-2-27-16-9-11-19-18(13-16)21(23)17-10-8-15(12-20(17)25-19)24-22(26)14-6-4-3-5-7-14/h3-13H,2H2,1H3,(H2,23,25)(H,24,26). The van der Waals surface area contributed by atoms with Gasteiger partial charge in [-0.25, -0.2) is 4.98 Å². The van der Waals surface area contributed by atoms with Gasteiger partial charge in [-0.15, -0.1) is 0 Å². The number of pyridine rings is 1. The highest BCUT2D eigenvalue weighted by Gasteiger charge is 2.10. The number of hydrogen-bond donors (Lipinski definition) is 2. The Kier molecular flexibility index (Phi) is 4.34. The van der Waals surface area contributed by atoms with Gasteiger partial charge in [0.15, 0.2) is 0 Å². The van der Waals surface area contributed by atoms with E-state index < -0.39 is 0 Å². The van der Waals surface area contributed by atoms with Crippen LogP contribution in [0.3, 0.4) is 0 Å². The number of nitrogen functional groups attached to an aromatic ring is 1. The fourth-order valence-electron chi connectivity index (χ4n) is 3.08. The van der Waals surface area contributed by atoms with Gasteiger partial charge in [0.2, 0.25) is 0 Å². The summed E-state index contributed by atoms with van der Waals surface area (Å²) in [4.78, 5) is 17.1. The summed E-state index contributed by atoms with van der Waals surface area (Å²) >= 11 is 0. The van der Waals surface area contributed by atoms with Gasteiger partial charge in [0.25, 0.3) is 5.91 Å². The molecule has 3 aromatic carbocycles. The SMILES string of the molecule is CCOc1ccc2nc3cc(NC(=O)c4ccccc4)ccc3c(N)c2c1. The second-order valence-electron chi connectivity index (χ2n) is 6.19. The zero-order valence-electron chi connectivity index (χ0n) is 14.9. The number of rotatable bonds is 4. The number of carbonyl (C=O) groups is 1. The predicted molar refractivity (Wildman–Crippen MR) is 109 cm³/mol. The van der Waals surface area contributed by atoms with Gasteiger partial charge in [-0.1, -0.05) is 18.2 Å². The fourth-order valence-corrected chi connectivity index (χ4v) is 3.08. The van der Waals surface area contributed by atoms with E-state index in [1.165, 1.54) is 0 Å². The van der Waals surface area contributed by atoms with Crippen LogP contribution in [0.4, 0.5) is 11.4 Å². The average Bonchev–Trinajstić information content (AvgIpc) is 2.69. The molecule has 1 heterocycles. The quantitative estimate of drug-likeness (QED) is 0.522. The Labute approximate surface area is 156 Å². The smallest absolute Gasteiger partial charge is 0.255 e. The molecule has 0 aliphatic heterocycles. The maximum absolute atomic E-state index is 12.4. The lowest BCUT2D eigenvalue weighted by Crippen LogP contribution is -2.11. The van der Waals surface area contributed by atoms with Gasteiger partial charge in [0, 0.05) is 22.0 Å². The van der Waals surface area contributed by atoms with Crippen molar-refractivity contribution in [3.63, 3.8) is 0 Å². The molecule has 4 aromatic rings. The summed E-state index contributed by atoms with van der Waals surface area (Å²) in [7, 11) is 0. The first kappa shape index (κ1) is 16.8. The molecule has 0 aliphatic rings. The zero-order chi connectivity index (χ0) is 18.8. The zero-order valence-corrected chi connectivity index (χ0v) is 14.9. The largest absolute Gasteiger partial charge is 0.494 e. The molecule has 0 atom stereocenters. The second kappa shape index (κ2) is 6.96. The topological polar surface area (TPSA) is 77.2 Å². The van der Waals surface area contributed by atoms with Crippen molar-refractivity contribution in [1.29, 1.82) is 0 Å². The third kappa shape index (κ3) is 3.27. The molecule has 1 amide bonds. The Balaban J connectivity index is 1.73. The summed E-state index contributed by atoms with van der Waals surface area (Å²) in [5.41, 5.74) is 9.83. The summed E-state index contributed by atoms with van der Waals surface area (Å²) in [5, 5.41) is 4.60. The van der Waals surface area contributed by atoms with Crippen LogP contribution in [0, 0.1) is 0 Å². The molecule has 5 nitrogen and oxygen atoms in total. The van der Waals surface area contributed by atoms with Crippen LogP contribution in [0.2, 0.25) is 0 Å². The number of anilines is 2. The molecular weight excluding hydrogens is 338 g/mol. The highest BCUT2D eigenvalue weighted by Crippen LogP contribution is 2.32. The van der Waals surface area contributed by atoms with Crippen LogP contribution < -0.4 is 15.8 Å². The third-order valence-corrected chi connectivity index (χ3v) is 4.39. The Morgan fingerprint density at radius 1 is 1.00 bits per heavy atom. The summed E-state index contributed by atoms with van der Waals surface area (Å²) in [6, 6.07) is 20.3. The van der Waals surface area contributed by atoms with Crippen LogP contribution in [0.1, 0.15) is 17.3 Å². The fraction of sp³-hybridized carbons (Fsp3) is 0.0909. The van der Waals surface area contributed by atoms with Gasteiger partial charge in [0.1, 0.15) is 5.75 Å². The summed E-state index contributed by atoms with van der Waals surface area (Å²) in [6.45, 7) is 2.54. The number of fused-ring (bicyclic) bond motifs is 2. The predicted octanol–water partition coefficient (Wildman–Crippen LogP) is 4.62. The number of hydrogen-bond acceptors (Lipinski definition) is 4. The van der Waals surface area contributed by atoms with E-state index in [9.17, 15) is 4.79 Å². The van der Waals surface area contributed by atoms with E-state index in [2.05, 4.69) is 5.32 Å². The van der Waals surface area contributed by atoms with Crippen molar-refractivity contribution in [2.75, 3.05) is 17.7 Å². The maximum atomic E-state index is 12.4. The van der Waals surface area contributed by atoms with Crippen LogP contribution >= 0.6 is 0 Å². The van der Waals surface area contributed by atoms with Crippen LogP contribution in [0.5, 0.6) is 5.75 Å². The van der Waals surface area contributed by atoms with Gasteiger partial charge >= 0.3 is 0 Å². The van der Waals surface area contributed by atoms with Gasteiger partial charge in [-0.3, -0.25) is 4.79 Å². The van der Waals surface area contributed by atoms with Crippen molar-refractivity contribution in [2.24, 2.45) is 0 Å². The maximum Gasteiger partial charge on any atom is 0.255 e. The van der Waals surface area contributed by atoms with Crippen LogP contribution in [0.25, 0.3) is 21.8 Å². The number of carbonyl (C=O) groups excluding carboxylic acids is 1. The minimum atomic E-state index is -0.162. The van der Waals surface area contributed by atoms with Crippen molar-refractivity contribution >= 4 is 39.1 Å². The van der Waals surface area contributed by atoms with E-state index in [-0.39, 0.29) is 5.91 Å². The van der Waals surface area contributed by atoms with Crippen molar-refractivity contribution in [1.82, 2.24) is 4.98 Å². The summed E-state index contributed by atoms with van der Waals surface area (Å²) in [6.07, 6.45) is 0. The van der Waals surface area contributed by atoms with E-state index in [1.54, 1.807) is 12.1 Å². The molecule has 5 heteroatoms. The molecule has 0 unspecified atom stereocenters. The minimum Gasteiger partial charge on any atom is -0.494 e. The first-order valence-electron chi connectivity index (χ1n) is 8.78. The van der Waals surface area contributed by atoms with E-state index in [0.29, 0.717) is 23.5 Å². The molecule has 27 heavy (non-hydrogen) atoms. The van der Waals surface area contributed by atoms with Crippen molar-refractivity contribution < 1.29 is 9.53 Å². The first-order valence-corrected chi connectivity index (χ1v) is 8.78. The molecule has 0 saturated carbocycles. The second-order valence-corrected chi connectivity index (χ2v) is 6.19. The Hall–Kier alpha value is -3.60. The Morgan fingerprint density at radius 3 is 2.59 bits per heavy atom. The van der Waals surface area contributed by atoms with Gasteiger partial charge in [0.05, 0.1) is 23.3 Å². The van der Waals surface area contributed by atoms with Crippen molar-refractivity contribution in [2.45, 2.75) is 6.92 Å². The van der Waals surface area contributed by atoms with Gasteiger partial charge in [-0.05, 0) is 55.5 Å². The molecule has 4 rings (SSSR count). The molecule has 1 aromatic heterocycles. The van der Waals surface area contributed by atoms with Crippen LogP contribution in [-0.4, -0.2) is 17.5 Å². The number of benzene rings is 3. The van der Waals surface area contributed by atoms with E-state index in [1.807, 2.05) is 61.5 Å². The number of nitrogens with one attached hydrogen (secondary N) is 1. The number of aromatic nitrogens is 1. The lowest BCUT2D eigenvalue weighted by Gasteiger charge is -2.11. The lowest BCUT2D eigenvalue weighted by molar-refractivity contribution is 0.102. The van der Waals surface area contributed by atoms with Crippen LogP contribution in [-0.2, 0) is 0 Å². The minimum absolute atomic E-state index is 0.162. The van der Waals surface area contributed by atoms with E-state index >= 15 is 0 Å². The molecule has 0 bridgehead atoms. The number of ether oxygens (including phenoxy) is 1. The number of nitrogens with zero attached hydrogens (tertiary/aromatic N) is 1. The Morgan fingerprint density at radius 2 is 1.81 bits per heavy atom. The summed E-state index contributed by atoms with van der Waals surface area (Å²) in [5.74, 6) is 0.606. The monoisotopic (exact) mass is 357 g/mol. The van der Waals surface area contributed by atoms with Gasteiger partial charge in [-0.2, -0.15) is 0 Å². The average molecular weight is 357 g/mol. The number of nitrogens with two attached hydrogens (primary N) is 1. The third-order valence-electron chi connectivity index (χ3n) is 4.39.